The van der Waals surface area contributed by atoms with Gasteiger partial charge in [-0.1, -0.05) is 84.3 Å². The van der Waals surface area contributed by atoms with Gasteiger partial charge in [0.1, 0.15) is 17.7 Å². The van der Waals surface area contributed by atoms with E-state index >= 15 is 0 Å². The van der Waals surface area contributed by atoms with Gasteiger partial charge in [-0.05, 0) is 42.5 Å². The number of hydrogen-bond acceptors (Lipinski definition) is 9. The first kappa shape index (κ1) is 43.5. The number of aromatic amines is 1. The fourth-order valence-corrected chi connectivity index (χ4v) is 10.3. The number of aryl methyl sites for hydroxylation is 1. The Morgan fingerprint density at radius 2 is 1.78 bits per heavy atom. The summed E-state index contributed by atoms with van der Waals surface area (Å²) in [5, 5.41) is 32.3. The summed E-state index contributed by atoms with van der Waals surface area (Å²) >= 11 is 3.47. The largest absolute Gasteiger partial charge is 0.391 e. The minimum atomic E-state index is -2.78. The van der Waals surface area contributed by atoms with Crippen molar-refractivity contribution in [3.63, 3.8) is 0 Å². The summed E-state index contributed by atoms with van der Waals surface area (Å²) in [5.74, 6) is -5.68. The molecule has 0 bridgehead atoms. The van der Waals surface area contributed by atoms with E-state index in [1.54, 1.807) is 35.7 Å². The molecule has 18 heteroatoms. The molecule has 5 aromatic rings. The smallest absolute Gasteiger partial charge is 0.276 e. The van der Waals surface area contributed by atoms with Crippen molar-refractivity contribution in [3.05, 3.63) is 117 Å². The van der Waals surface area contributed by atoms with E-state index in [1.165, 1.54) is 11.1 Å². The number of benzene rings is 2. The minimum Gasteiger partial charge on any atom is -0.391 e. The van der Waals surface area contributed by atoms with Crippen LogP contribution in [0.15, 0.2) is 82.1 Å². The second-order valence-electron chi connectivity index (χ2n) is 18.4. The van der Waals surface area contributed by atoms with E-state index in [4.69, 9.17) is 4.52 Å². The van der Waals surface area contributed by atoms with Crippen LogP contribution in [0.2, 0.25) is 0 Å². The highest BCUT2D eigenvalue weighted by Crippen LogP contribution is 2.70. The van der Waals surface area contributed by atoms with Crippen molar-refractivity contribution in [1.29, 1.82) is 0 Å². The highest BCUT2D eigenvalue weighted by atomic mass is 79.9. The molecule has 0 radical (unpaired) electrons. The van der Waals surface area contributed by atoms with Gasteiger partial charge in [-0.25, -0.2) is 8.78 Å². The maximum Gasteiger partial charge on any atom is 0.276 e. The molecule has 5 heterocycles. The Kier molecular flexibility index (Phi) is 11.3. The van der Waals surface area contributed by atoms with Crippen molar-refractivity contribution in [2.75, 3.05) is 25.0 Å². The number of carbonyl (C=O) groups excluding carboxylic acids is 4. The number of β-amino-alcohol motifs (C(OH)–C–C–N with tert-alkyl or cyclic N) is 1. The van der Waals surface area contributed by atoms with E-state index in [0.29, 0.717) is 47.1 Å². The molecule has 15 nitrogen and oxygen atoms in total. The number of alkyl halides is 2. The number of nitrogens with one attached hydrogen (secondary N) is 3. The highest BCUT2D eigenvalue weighted by molar-refractivity contribution is 9.10. The second kappa shape index (κ2) is 16.7. The first-order chi connectivity index (χ1) is 30.5. The van der Waals surface area contributed by atoms with Crippen LogP contribution in [0.1, 0.15) is 95.9 Å². The van der Waals surface area contributed by atoms with Crippen molar-refractivity contribution in [1.82, 2.24) is 40.3 Å². The topological polar surface area (TPSA) is 192 Å². The molecule has 3 aromatic heterocycles. The van der Waals surface area contributed by atoms with Crippen LogP contribution < -0.4 is 10.6 Å². The van der Waals surface area contributed by atoms with Crippen LogP contribution >= 0.6 is 15.9 Å². The molecule has 2 saturated heterocycles. The number of fused-ring (bicyclic) bond motifs is 2. The van der Waals surface area contributed by atoms with Gasteiger partial charge >= 0.3 is 0 Å². The molecule has 4 amide bonds. The molecule has 1 saturated carbocycles. The second-order valence-corrected chi connectivity index (χ2v) is 19.3. The lowest BCUT2D eigenvalue weighted by atomic mass is 9.86. The summed E-state index contributed by atoms with van der Waals surface area (Å²) in [7, 11) is 0. The lowest BCUT2D eigenvalue weighted by molar-refractivity contribution is -0.142. The summed E-state index contributed by atoms with van der Waals surface area (Å²) in [6, 6.07) is 16.7. The maximum absolute atomic E-state index is 14.6. The molecule has 3 fully saturated rings. The average molecular weight is 943 g/mol. The summed E-state index contributed by atoms with van der Waals surface area (Å²) in [5.41, 5.74) is 2.76. The first-order valence-electron chi connectivity index (χ1n) is 21.6. The van der Waals surface area contributed by atoms with Crippen molar-refractivity contribution in [2.45, 2.75) is 89.4 Å². The third-order valence-electron chi connectivity index (χ3n) is 13.7. The van der Waals surface area contributed by atoms with Crippen LogP contribution in [0.25, 0.3) is 0 Å². The zero-order valence-electron chi connectivity index (χ0n) is 35.8. The van der Waals surface area contributed by atoms with Crippen LogP contribution in [0, 0.1) is 30.1 Å². The quantitative estimate of drug-likeness (QED) is 0.110. The van der Waals surface area contributed by atoms with Crippen LogP contribution in [-0.4, -0.2) is 101 Å². The molecule has 2 aliphatic heterocycles. The Bertz CT molecular complexity index is 2570. The monoisotopic (exact) mass is 941 g/mol. The number of halogens is 3. The number of likely N-dealkylation sites (tertiary alicyclic amines) is 2. The highest BCUT2D eigenvalue weighted by Gasteiger charge is 2.78. The molecule has 336 valence electrons. The van der Waals surface area contributed by atoms with E-state index in [9.17, 15) is 33.1 Å². The number of nitrogens with zero attached hydrogens (tertiary/aromatic N) is 6. The molecule has 0 spiro atoms. The minimum absolute atomic E-state index is 0.0212. The number of aliphatic hydroxyl groups is 1. The predicted octanol–water partition coefficient (Wildman–Crippen LogP) is 5.98. The van der Waals surface area contributed by atoms with E-state index in [1.807, 2.05) is 68.4 Å². The van der Waals surface area contributed by atoms with Crippen molar-refractivity contribution >= 4 is 45.2 Å². The van der Waals surface area contributed by atoms with Crippen LogP contribution in [0.5, 0.6) is 0 Å². The van der Waals surface area contributed by atoms with Gasteiger partial charge in [0.05, 0.1) is 42.2 Å². The Hall–Kier alpha value is -5.75. The Morgan fingerprint density at radius 1 is 1.05 bits per heavy atom. The Balaban J connectivity index is 0.879. The SMILES string of the molecule is Cc1cc(C(C(=O)N2C[C@H](O)C[C@H]2C(=O)NC(CC(=O)N2CC(C(c3ccccc3)n3cc(NC(=O)c4n[nH]c5c4C[C@H]4C(F)(F)[C@@]4(C)C5)cn3)C2)c2ccc(Br)cc2)C(C)C)on1. The zero-order valence-corrected chi connectivity index (χ0v) is 37.4. The fourth-order valence-electron chi connectivity index (χ4n) is 10.0. The number of carbonyl (C=O) groups is 4. The van der Waals surface area contributed by atoms with Crippen LogP contribution in [0.3, 0.4) is 0 Å². The number of H-pyrrole nitrogens is 1. The van der Waals surface area contributed by atoms with Crippen molar-refractivity contribution in [3.8, 4) is 0 Å². The summed E-state index contributed by atoms with van der Waals surface area (Å²) in [4.78, 5) is 59.0. The van der Waals surface area contributed by atoms with Crippen molar-refractivity contribution < 1.29 is 37.6 Å². The molecule has 2 aliphatic carbocycles. The van der Waals surface area contributed by atoms with Gasteiger partial charge in [0.25, 0.3) is 11.8 Å². The molecule has 2 aromatic carbocycles. The van der Waals surface area contributed by atoms with Gasteiger partial charge in [-0.2, -0.15) is 10.2 Å². The van der Waals surface area contributed by atoms with Crippen LogP contribution in [-0.2, 0) is 27.2 Å². The number of aromatic nitrogens is 5. The normalized spacial score (nSPS) is 23.7. The Morgan fingerprint density at radius 3 is 2.47 bits per heavy atom. The summed E-state index contributed by atoms with van der Waals surface area (Å²) in [6.45, 7) is 7.87. The van der Waals surface area contributed by atoms with Gasteiger partial charge in [-0.3, -0.25) is 29.0 Å². The first-order valence-corrected chi connectivity index (χ1v) is 22.4. The summed E-state index contributed by atoms with van der Waals surface area (Å²) in [6.07, 6.45) is 2.53. The van der Waals surface area contributed by atoms with E-state index < -0.39 is 53.2 Å². The molecule has 64 heavy (non-hydrogen) atoms. The fraction of sp³-hybridized carbons (Fsp3) is 0.457. The molecule has 4 N–H and O–H groups in total. The molecular weight excluding hydrogens is 892 g/mol. The molecule has 7 atom stereocenters. The van der Waals surface area contributed by atoms with E-state index in [0.717, 1.165) is 10.0 Å². The number of anilines is 1. The number of hydrogen-bond donors (Lipinski definition) is 4. The van der Waals surface area contributed by atoms with Crippen LogP contribution in [0.4, 0.5) is 14.5 Å². The number of rotatable bonds is 13. The van der Waals surface area contributed by atoms with Crippen molar-refractivity contribution in [2.24, 2.45) is 23.2 Å². The van der Waals surface area contributed by atoms with Gasteiger partial charge < -0.3 is 30.1 Å². The lowest BCUT2D eigenvalue weighted by Gasteiger charge is -2.44. The molecule has 3 unspecified atom stereocenters. The van der Waals surface area contributed by atoms with Gasteiger partial charge in [0, 0.05) is 77.7 Å². The lowest BCUT2D eigenvalue weighted by Crippen LogP contribution is -2.54. The van der Waals surface area contributed by atoms with E-state index in [-0.39, 0.29) is 67.6 Å². The zero-order chi connectivity index (χ0) is 45.2. The third kappa shape index (κ3) is 7.92. The summed E-state index contributed by atoms with van der Waals surface area (Å²) < 4.78 is 37.2. The third-order valence-corrected chi connectivity index (χ3v) is 14.2. The predicted molar refractivity (Wildman–Crippen MR) is 232 cm³/mol. The maximum atomic E-state index is 14.6. The van der Waals surface area contributed by atoms with Gasteiger partial charge in [0.15, 0.2) is 5.69 Å². The Labute approximate surface area is 376 Å². The number of amides is 4. The molecule has 4 aliphatic rings. The van der Waals surface area contributed by atoms with Gasteiger partial charge in [0.2, 0.25) is 17.7 Å². The number of aliphatic hydroxyl groups excluding tert-OH is 1. The molecular formula is C46H50BrF2N9O6. The van der Waals surface area contributed by atoms with E-state index in [2.05, 4.69) is 47.0 Å². The standard InChI is InChI=1S/C46H50BrF2N9O6/c1-24(2)39(36-14-25(3)55-64-36)44(63)57-23-31(59)15-35(57)42(61)52-33(26-10-12-29(47)13-11-26)17-38(60)56-20-28(21-56)41(27-8-6-5-7-9-27)58-22-30(19-50-58)51-43(62)40-32-16-37-45(4,46(37,48)49)18-34(32)53-54-40/h5-14,19,22,24,28,31,33,35,37,39,41,59H,15-18,20-21,23H2,1-4H3,(H,51,62)(H,52,61)(H,53,54)/t31-,33?,35+,37-,39?,41?,45+/m1/s1. The average Bonchev–Trinajstić information content (AvgIpc) is 3.95. The molecule has 9 rings (SSSR count). The van der Waals surface area contributed by atoms with Gasteiger partial charge in [-0.15, -0.1) is 0 Å².